The molecule has 0 radical (unpaired) electrons. The van der Waals surface area contributed by atoms with Gasteiger partial charge in [-0.15, -0.1) is 11.8 Å². The van der Waals surface area contributed by atoms with Crippen LogP contribution in [0.1, 0.15) is 17.5 Å². The zero-order valence-electron chi connectivity index (χ0n) is 15.6. The number of aliphatic hydroxyl groups excluding tert-OH is 1. The zero-order valence-corrected chi connectivity index (χ0v) is 16.5. The van der Waals surface area contributed by atoms with E-state index in [1.54, 1.807) is 11.8 Å². The quantitative estimate of drug-likeness (QED) is 0.675. The molecule has 2 aromatic carbocycles. The first-order valence-corrected chi connectivity index (χ1v) is 10.2. The van der Waals surface area contributed by atoms with Gasteiger partial charge in [-0.2, -0.15) is 0 Å². The molecule has 0 amide bonds. The van der Waals surface area contributed by atoms with Crippen LogP contribution < -0.4 is 9.47 Å². The third kappa shape index (κ3) is 4.06. The molecule has 5 nitrogen and oxygen atoms in total. The SMILES string of the molecule is Cc1cc2ncn(CC(O)CSc3ccc4c(c3)OCCCO4)c2cc1C. The van der Waals surface area contributed by atoms with Crippen LogP contribution >= 0.6 is 11.8 Å². The summed E-state index contributed by atoms with van der Waals surface area (Å²) < 4.78 is 13.4. The van der Waals surface area contributed by atoms with Gasteiger partial charge in [0.2, 0.25) is 0 Å². The maximum Gasteiger partial charge on any atom is 0.162 e. The van der Waals surface area contributed by atoms with Crippen molar-refractivity contribution in [3.05, 3.63) is 47.8 Å². The molecule has 1 aromatic heterocycles. The van der Waals surface area contributed by atoms with Crippen molar-refractivity contribution in [1.29, 1.82) is 0 Å². The number of benzene rings is 2. The van der Waals surface area contributed by atoms with Gasteiger partial charge in [0.05, 0.1) is 43.2 Å². The molecule has 0 fully saturated rings. The highest BCUT2D eigenvalue weighted by molar-refractivity contribution is 7.99. The Balaban J connectivity index is 1.41. The van der Waals surface area contributed by atoms with Crippen molar-refractivity contribution in [2.45, 2.75) is 37.8 Å². The Hall–Kier alpha value is -2.18. The van der Waals surface area contributed by atoms with E-state index in [9.17, 15) is 5.11 Å². The van der Waals surface area contributed by atoms with Gasteiger partial charge in [0.15, 0.2) is 11.5 Å². The molecular formula is C21H24N2O3S. The number of fused-ring (bicyclic) bond motifs is 2. The molecule has 1 aliphatic rings. The second kappa shape index (κ2) is 7.82. The first kappa shape index (κ1) is 18.2. The van der Waals surface area contributed by atoms with E-state index >= 15 is 0 Å². The van der Waals surface area contributed by atoms with Crippen molar-refractivity contribution in [3.8, 4) is 11.5 Å². The average molecular weight is 385 g/mol. The Morgan fingerprint density at radius 2 is 1.89 bits per heavy atom. The summed E-state index contributed by atoms with van der Waals surface area (Å²) in [5, 5.41) is 10.5. The number of rotatable bonds is 5. The van der Waals surface area contributed by atoms with Crippen LogP contribution in [0.25, 0.3) is 11.0 Å². The van der Waals surface area contributed by atoms with Crippen LogP contribution in [-0.4, -0.2) is 39.7 Å². The monoisotopic (exact) mass is 384 g/mol. The number of thioether (sulfide) groups is 1. The summed E-state index contributed by atoms with van der Waals surface area (Å²) in [6.07, 6.45) is 2.24. The number of nitrogens with zero attached hydrogens (tertiary/aromatic N) is 2. The van der Waals surface area contributed by atoms with Gasteiger partial charge in [-0.25, -0.2) is 4.98 Å². The molecule has 4 rings (SSSR count). The van der Waals surface area contributed by atoms with Gasteiger partial charge < -0.3 is 19.1 Å². The molecular weight excluding hydrogens is 360 g/mol. The Morgan fingerprint density at radius 1 is 1.11 bits per heavy atom. The number of ether oxygens (including phenoxy) is 2. The number of aryl methyl sites for hydroxylation is 2. The minimum atomic E-state index is -0.468. The van der Waals surface area contributed by atoms with Gasteiger partial charge in [0, 0.05) is 17.1 Å². The molecule has 6 heteroatoms. The minimum absolute atomic E-state index is 0.468. The fourth-order valence-electron chi connectivity index (χ4n) is 3.16. The molecule has 0 bridgehead atoms. The molecule has 1 aliphatic heterocycles. The van der Waals surface area contributed by atoms with Gasteiger partial charge in [0.1, 0.15) is 0 Å². The van der Waals surface area contributed by atoms with Crippen LogP contribution in [0, 0.1) is 13.8 Å². The standard InChI is InChI=1S/C21H24N2O3S/c1-14-8-18-19(9-15(14)2)23(13-22-18)11-16(24)12-27-17-4-5-20-21(10-17)26-7-3-6-25-20/h4-5,8-10,13,16,24H,3,6-7,11-12H2,1-2H3. The van der Waals surface area contributed by atoms with E-state index in [0.717, 1.165) is 33.8 Å². The molecule has 1 atom stereocenters. The van der Waals surface area contributed by atoms with E-state index in [-0.39, 0.29) is 0 Å². The summed E-state index contributed by atoms with van der Waals surface area (Å²) in [4.78, 5) is 5.53. The number of aliphatic hydroxyl groups is 1. The smallest absolute Gasteiger partial charge is 0.162 e. The predicted molar refractivity (Wildman–Crippen MR) is 108 cm³/mol. The molecule has 1 unspecified atom stereocenters. The first-order valence-electron chi connectivity index (χ1n) is 9.23. The Morgan fingerprint density at radius 3 is 2.74 bits per heavy atom. The van der Waals surface area contributed by atoms with E-state index in [0.29, 0.717) is 25.5 Å². The number of imidazole rings is 1. The highest BCUT2D eigenvalue weighted by atomic mass is 32.2. The van der Waals surface area contributed by atoms with E-state index in [1.807, 2.05) is 29.1 Å². The third-order valence-electron chi connectivity index (χ3n) is 4.81. The Kier molecular flexibility index (Phi) is 5.27. The lowest BCUT2D eigenvalue weighted by Crippen LogP contribution is -2.18. The predicted octanol–water partition coefficient (Wildman–Crippen LogP) is 3.97. The molecule has 142 valence electrons. The molecule has 0 saturated heterocycles. The Bertz CT molecular complexity index is 954. The second-order valence-electron chi connectivity index (χ2n) is 6.95. The highest BCUT2D eigenvalue weighted by Crippen LogP contribution is 2.34. The normalized spacial score (nSPS) is 14.9. The van der Waals surface area contributed by atoms with Crippen LogP contribution in [0.5, 0.6) is 11.5 Å². The third-order valence-corrected chi connectivity index (χ3v) is 5.94. The van der Waals surface area contributed by atoms with Gasteiger partial charge in [0.25, 0.3) is 0 Å². The van der Waals surface area contributed by atoms with Gasteiger partial charge in [-0.3, -0.25) is 0 Å². The first-order chi connectivity index (χ1) is 13.1. The van der Waals surface area contributed by atoms with E-state index in [4.69, 9.17) is 9.47 Å². The highest BCUT2D eigenvalue weighted by Gasteiger charge is 2.13. The molecule has 0 saturated carbocycles. The second-order valence-corrected chi connectivity index (χ2v) is 8.04. The minimum Gasteiger partial charge on any atom is -0.490 e. The summed E-state index contributed by atoms with van der Waals surface area (Å²) in [7, 11) is 0. The number of hydrogen-bond donors (Lipinski definition) is 1. The van der Waals surface area contributed by atoms with Crippen molar-refractivity contribution in [2.24, 2.45) is 0 Å². The van der Waals surface area contributed by atoms with Gasteiger partial charge in [-0.05, 0) is 55.3 Å². The molecule has 0 spiro atoms. The van der Waals surface area contributed by atoms with Crippen LogP contribution in [0.4, 0.5) is 0 Å². The molecule has 3 aromatic rings. The van der Waals surface area contributed by atoms with Crippen LogP contribution in [0.3, 0.4) is 0 Å². The van der Waals surface area contributed by atoms with Crippen LogP contribution in [-0.2, 0) is 6.54 Å². The molecule has 27 heavy (non-hydrogen) atoms. The van der Waals surface area contributed by atoms with Crippen molar-refractivity contribution < 1.29 is 14.6 Å². The topological polar surface area (TPSA) is 56.5 Å². The van der Waals surface area contributed by atoms with Crippen molar-refractivity contribution in [2.75, 3.05) is 19.0 Å². The summed E-state index contributed by atoms with van der Waals surface area (Å²) in [5.41, 5.74) is 4.51. The lowest BCUT2D eigenvalue weighted by Gasteiger charge is -2.13. The van der Waals surface area contributed by atoms with Crippen molar-refractivity contribution in [1.82, 2.24) is 9.55 Å². The maximum absolute atomic E-state index is 10.5. The van der Waals surface area contributed by atoms with E-state index in [1.165, 1.54) is 11.1 Å². The number of aromatic nitrogens is 2. The zero-order chi connectivity index (χ0) is 18.8. The van der Waals surface area contributed by atoms with Gasteiger partial charge >= 0.3 is 0 Å². The van der Waals surface area contributed by atoms with E-state index < -0.39 is 6.10 Å². The summed E-state index contributed by atoms with van der Waals surface area (Å²) in [6.45, 7) is 6.08. The average Bonchev–Trinajstić information content (AvgIpc) is 2.89. The molecule has 2 heterocycles. The summed E-state index contributed by atoms with van der Waals surface area (Å²) >= 11 is 1.62. The summed E-state index contributed by atoms with van der Waals surface area (Å²) in [5.74, 6) is 2.19. The van der Waals surface area contributed by atoms with Crippen molar-refractivity contribution >= 4 is 22.8 Å². The Labute approximate surface area is 163 Å². The summed E-state index contributed by atoms with van der Waals surface area (Å²) in [6, 6.07) is 10.2. The number of hydrogen-bond acceptors (Lipinski definition) is 5. The van der Waals surface area contributed by atoms with Crippen LogP contribution in [0.2, 0.25) is 0 Å². The van der Waals surface area contributed by atoms with Crippen molar-refractivity contribution in [3.63, 3.8) is 0 Å². The lowest BCUT2D eigenvalue weighted by molar-refractivity contribution is 0.179. The molecule has 1 N–H and O–H groups in total. The maximum atomic E-state index is 10.5. The largest absolute Gasteiger partial charge is 0.490 e. The lowest BCUT2D eigenvalue weighted by atomic mass is 10.1. The van der Waals surface area contributed by atoms with E-state index in [2.05, 4.69) is 31.0 Å². The van der Waals surface area contributed by atoms with Crippen LogP contribution in [0.15, 0.2) is 41.6 Å². The molecule has 0 aliphatic carbocycles. The fourth-order valence-corrected chi connectivity index (χ4v) is 4.01. The van der Waals surface area contributed by atoms with Gasteiger partial charge in [-0.1, -0.05) is 0 Å². The fraction of sp³-hybridized carbons (Fsp3) is 0.381.